The maximum atomic E-state index is 12.3. The van der Waals surface area contributed by atoms with Gasteiger partial charge in [-0.15, -0.1) is 0 Å². The van der Waals surface area contributed by atoms with E-state index in [1.807, 2.05) is 50.2 Å². The molecule has 2 aliphatic heterocycles. The molecule has 0 saturated carbocycles. The molecule has 0 radical (unpaired) electrons. The van der Waals surface area contributed by atoms with E-state index in [0.29, 0.717) is 0 Å². The first kappa shape index (κ1) is 33.1. The fourth-order valence-corrected chi connectivity index (χ4v) is 12.6. The molecule has 0 N–H and O–H groups in total. The zero-order chi connectivity index (χ0) is 30.6. The van der Waals surface area contributed by atoms with Gasteiger partial charge in [0, 0.05) is 21.0 Å². The predicted molar refractivity (Wildman–Crippen MR) is 188 cm³/mol. The smallest absolute Gasteiger partial charge is 0.150 e. The van der Waals surface area contributed by atoms with Gasteiger partial charge in [0.15, 0.2) is 23.1 Å². The van der Waals surface area contributed by atoms with E-state index < -0.39 is 10.5 Å². The van der Waals surface area contributed by atoms with Crippen molar-refractivity contribution in [1.82, 2.24) is 0 Å². The maximum Gasteiger partial charge on any atom is 0.150 e. The Morgan fingerprint density at radius 2 is 0.833 bits per heavy atom. The van der Waals surface area contributed by atoms with Gasteiger partial charge in [-0.2, -0.15) is 0 Å². The molecule has 0 bridgehead atoms. The molecule has 4 nitrogen and oxygen atoms in total. The Labute approximate surface area is 272 Å². The fourth-order valence-electron chi connectivity index (χ4n) is 4.19. The van der Waals surface area contributed by atoms with Gasteiger partial charge < -0.3 is 0 Å². The number of thioether (sulfide) groups is 6. The summed E-state index contributed by atoms with van der Waals surface area (Å²) in [5, 5.41) is -1.45. The van der Waals surface area contributed by atoms with E-state index in [9.17, 15) is 19.2 Å². The molecule has 0 amide bonds. The molecule has 10 heteroatoms. The molecule has 0 aromatic heterocycles. The van der Waals surface area contributed by atoms with E-state index in [4.69, 9.17) is 0 Å². The van der Waals surface area contributed by atoms with Crippen LogP contribution in [-0.4, -0.2) is 33.6 Å². The largest absolute Gasteiger partial charge is 0.298 e. The molecular weight excluding hydrogens is 641 g/mol. The van der Waals surface area contributed by atoms with Crippen molar-refractivity contribution in [3.63, 3.8) is 0 Å². The van der Waals surface area contributed by atoms with Gasteiger partial charge in [0.25, 0.3) is 0 Å². The highest BCUT2D eigenvalue weighted by Gasteiger charge is 2.33. The molecule has 2 heterocycles. The number of Topliss-reactive ketones (excluding diaryl/α,β-unsaturated/α-hetero) is 4. The number of hydrogen-bond donors (Lipinski definition) is 0. The van der Waals surface area contributed by atoms with Crippen molar-refractivity contribution in [3.05, 3.63) is 98.5 Å². The predicted octanol–water partition coefficient (Wildman–Crippen LogP) is 9.62. The molecule has 4 rings (SSSR count). The standard InChI is InChI=1S/C32H30O4S6/c1-17(33)27(18(2)34)39-29-21(5)37-31(41-29)25(23-13-9-7-10-14-23)26(24-15-11-8-12-16-24)32-38-22(6)30(42-32)40-28(19(3)35)20(4)36/h7-16,27-28H,1-6H3/b31-25-,32-26-. The summed E-state index contributed by atoms with van der Waals surface area (Å²) in [7, 11) is 0. The topological polar surface area (TPSA) is 68.3 Å². The van der Waals surface area contributed by atoms with Crippen LogP contribution in [0.15, 0.2) is 87.4 Å². The van der Waals surface area contributed by atoms with Gasteiger partial charge in [0.1, 0.15) is 10.5 Å². The van der Waals surface area contributed by atoms with Crippen LogP contribution in [0.2, 0.25) is 0 Å². The summed E-state index contributed by atoms with van der Waals surface area (Å²) in [6, 6.07) is 20.5. The minimum Gasteiger partial charge on any atom is -0.298 e. The lowest BCUT2D eigenvalue weighted by Crippen LogP contribution is -2.22. The van der Waals surface area contributed by atoms with Gasteiger partial charge >= 0.3 is 0 Å². The second-order valence-corrected chi connectivity index (χ2v) is 17.3. The molecule has 0 aliphatic carbocycles. The van der Waals surface area contributed by atoms with Crippen molar-refractivity contribution in [2.45, 2.75) is 52.0 Å². The van der Waals surface area contributed by atoms with E-state index in [1.165, 1.54) is 51.2 Å². The molecule has 2 aromatic carbocycles. The lowest BCUT2D eigenvalue weighted by atomic mass is 9.95. The van der Waals surface area contributed by atoms with E-state index in [-0.39, 0.29) is 23.1 Å². The summed E-state index contributed by atoms with van der Waals surface area (Å²) >= 11 is 9.20. The Balaban J connectivity index is 1.85. The van der Waals surface area contributed by atoms with E-state index in [2.05, 4.69) is 24.3 Å². The molecule has 0 atom stereocenters. The van der Waals surface area contributed by atoms with Gasteiger partial charge in [0.05, 0.1) is 16.9 Å². The summed E-state index contributed by atoms with van der Waals surface area (Å²) in [5.41, 5.74) is 4.24. The van der Waals surface area contributed by atoms with Crippen molar-refractivity contribution >= 4 is 105 Å². The van der Waals surface area contributed by atoms with Crippen molar-refractivity contribution in [2.24, 2.45) is 0 Å². The Bertz CT molecular complexity index is 1410. The van der Waals surface area contributed by atoms with Crippen LogP contribution < -0.4 is 0 Å². The Morgan fingerprint density at radius 1 is 0.524 bits per heavy atom. The summed E-state index contributed by atoms with van der Waals surface area (Å²) in [6.07, 6.45) is 0. The third kappa shape index (κ3) is 7.81. The molecule has 42 heavy (non-hydrogen) atoms. The normalized spacial score (nSPS) is 17.8. The van der Waals surface area contributed by atoms with Crippen LogP contribution in [0.25, 0.3) is 11.1 Å². The zero-order valence-electron chi connectivity index (χ0n) is 24.0. The van der Waals surface area contributed by atoms with Gasteiger partial charge in [-0.1, -0.05) is 131 Å². The van der Waals surface area contributed by atoms with Crippen LogP contribution in [0.4, 0.5) is 0 Å². The maximum absolute atomic E-state index is 12.3. The summed E-state index contributed by atoms with van der Waals surface area (Å²) < 4.78 is 4.06. The molecule has 0 unspecified atom stereocenters. The van der Waals surface area contributed by atoms with Crippen molar-refractivity contribution in [1.29, 1.82) is 0 Å². The number of carbonyl (C=O) groups is 4. The zero-order valence-corrected chi connectivity index (χ0v) is 28.9. The summed E-state index contributed by atoms with van der Waals surface area (Å²) in [4.78, 5) is 51.1. The number of ketones is 4. The fraction of sp³-hybridized carbons (Fsp3) is 0.250. The van der Waals surface area contributed by atoms with Gasteiger partial charge in [-0.05, 0) is 52.7 Å². The van der Waals surface area contributed by atoms with Crippen LogP contribution >= 0.6 is 70.6 Å². The number of carbonyl (C=O) groups excluding carboxylic acids is 4. The summed E-state index contributed by atoms with van der Waals surface area (Å²) in [5.74, 6) is -0.589. The molecule has 0 saturated heterocycles. The Morgan fingerprint density at radius 3 is 1.12 bits per heavy atom. The third-order valence-corrected chi connectivity index (χ3v) is 15.1. The first-order valence-corrected chi connectivity index (χ1v) is 18.1. The average Bonchev–Trinajstić information content (AvgIpc) is 3.49. The second kappa shape index (κ2) is 14.8. The minimum atomic E-state index is -0.725. The third-order valence-electron chi connectivity index (χ3n) is 6.15. The van der Waals surface area contributed by atoms with Crippen LogP contribution in [0.1, 0.15) is 52.7 Å². The highest BCUT2D eigenvalue weighted by molar-refractivity contribution is 8.37. The molecule has 218 valence electrons. The Kier molecular flexibility index (Phi) is 11.6. The second-order valence-electron chi connectivity index (χ2n) is 9.59. The SMILES string of the molecule is CC(=O)C(SC1=C(C)S/C(=C(/C(=C2/SC(C)=C(SC(C(C)=O)C(C)=O)S2)c2ccccc2)c2ccccc2)S1)C(C)=O. The number of allylic oxidation sites excluding steroid dienone is 4. The first-order valence-electron chi connectivity index (χ1n) is 13.1. The summed E-state index contributed by atoms with van der Waals surface area (Å²) in [6.45, 7) is 9.93. The first-order chi connectivity index (χ1) is 20.0. The van der Waals surface area contributed by atoms with E-state index in [1.54, 1.807) is 47.0 Å². The van der Waals surface area contributed by atoms with E-state index in [0.717, 1.165) is 49.0 Å². The quantitative estimate of drug-likeness (QED) is 0.216. The van der Waals surface area contributed by atoms with Crippen LogP contribution in [0, 0.1) is 0 Å². The van der Waals surface area contributed by atoms with Crippen molar-refractivity contribution in [3.8, 4) is 0 Å². The number of hydrogen-bond acceptors (Lipinski definition) is 10. The molecule has 0 fully saturated rings. The highest BCUT2D eigenvalue weighted by Crippen LogP contribution is 2.62. The lowest BCUT2D eigenvalue weighted by molar-refractivity contribution is -0.125. The molecule has 0 spiro atoms. The van der Waals surface area contributed by atoms with E-state index >= 15 is 0 Å². The molecule has 2 aromatic rings. The van der Waals surface area contributed by atoms with Crippen LogP contribution in [0.5, 0.6) is 0 Å². The van der Waals surface area contributed by atoms with Gasteiger partial charge in [0.2, 0.25) is 0 Å². The average molecular weight is 671 g/mol. The molecule has 2 aliphatic rings. The van der Waals surface area contributed by atoms with Crippen molar-refractivity contribution < 1.29 is 19.2 Å². The highest BCUT2D eigenvalue weighted by atomic mass is 32.2. The van der Waals surface area contributed by atoms with Gasteiger partial charge in [-0.3, -0.25) is 19.2 Å². The van der Waals surface area contributed by atoms with Crippen LogP contribution in [0.3, 0.4) is 0 Å². The number of rotatable bonds is 11. The minimum absolute atomic E-state index is 0.147. The van der Waals surface area contributed by atoms with Crippen molar-refractivity contribution in [2.75, 3.05) is 0 Å². The lowest BCUT2D eigenvalue weighted by Gasteiger charge is -2.19. The monoisotopic (exact) mass is 670 g/mol. The van der Waals surface area contributed by atoms with Gasteiger partial charge in [-0.25, -0.2) is 0 Å². The Hall–Kier alpha value is -1.82. The number of benzene rings is 2. The van der Waals surface area contributed by atoms with Crippen LogP contribution in [-0.2, 0) is 19.2 Å². The molecular formula is C32H30O4S6.